The zero-order chi connectivity index (χ0) is 10.3. The van der Waals surface area contributed by atoms with Crippen LogP contribution in [-0.2, 0) is 16.6 Å². The summed E-state index contributed by atoms with van der Waals surface area (Å²) in [7, 11) is 0. The molecular weight excluding hydrogens is 182 g/mol. The Morgan fingerprint density at radius 2 is 2.36 bits per heavy atom. The average Bonchev–Trinajstić information content (AvgIpc) is 2.47. The minimum absolute atomic E-state index is 0.560. The molecule has 0 fully saturated rings. The predicted octanol–water partition coefficient (Wildman–Crippen LogP) is 1.66. The van der Waals surface area contributed by atoms with Crippen molar-refractivity contribution >= 4 is 5.97 Å². The summed E-state index contributed by atoms with van der Waals surface area (Å²) in [6.45, 7) is 3.47. The smallest absolute Gasteiger partial charge is 0.315 e. The highest BCUT2D eigenvalue weighted by Crippen LogP contribution is 2.37. The van der Waals surface area contributed by atoms with Gasteiger partial charge in [0.2, 0.25) is 0 Å². The van der Waals surface area contributed by atoms with Gasteiger partial charge in [0.25, 0.3) is 0 Å². The van der Waals surface area contributed by atoms with E-state index in [1.807, 2.05) is 0 Å². The van der Waals surface area contributed by atoms with Crippen LogP contribution in [0.1, 0.15) is 37.1 Å². The SMILES string of the molecule is Cc1nc2c(o1)CCCC2(C)C(=O)O. The number of aromatic nitrogens is 1. The number of aryl methyl sites for hydroxylation is 2. The van der Waals surface area contributed by atoms with Crippen molar-refractivity contribution < 1.29 is 14.3 Å². The maximum Gasteiger partial charge on any atom is 0.315 e. The number of carbonyl (C=O) groups is 1. The molecule has 4 heteroatoms. The molecule has 1 heterocycles. The molecule has 0 saturated heterocycles. The van der Waals surface area contributed by atoms with Crippen LogP contribution in [-0.4, -0.2) is 16.1 Å². The molecule has 0 aliphatic heterocycles. The second-order valence-electron chi connectivity index (χ2n) is 4.00. The Hall–Kier alpha value is -1.32. The molecule has 4 nitrogen and oxygen atoms in total. The molecule has 1 atom stereocenters. The predicted molar refractivity (Wildman–Crippen MR) is 49.2 cm³/mol. The fourth-order valence-corrected chi connectivity index (χ4v) is 2.00. The quantitative estimate of drug-likeness (QED) is 0.740. The molecule has 1 N–H and O–H groups in total. The van der Waals surface area contributed by atoms with Crippen LogP contribution in [0.5, 0.6) is 0 Å². The van der Waals surface area contributed by atoms with E-state index in [0.29, 0.717) is 18.0 Å². The summed E-state index contributed by atoms with van der Waals surface area (Å²) in [4.78, 5) is 15.3. The highest BCUT2D eigenvalue weighted by molar-refractivity contribution is 5.80. The van der Waals surface area contributed by atoms with Crippen molar-refractivity contribution in [3.8, 4) is 0 Å². The van der Waals surface area contributed by atoms with Gasteiger partial charge in [-0.1, -0.05) is 0 Å². The zero-order valence-electron chi connectivity index (χ0n) is 8.33. The lowest BCUT2D eigenvalue weighted by Gasteiger charge is -2.26. The summed E-state index contributed by atoms with van der Waals surface area (Å²) < 4.78 is 5.38. The van der Waals surface area contributed by atoms with Crippen LogP contribution in [0, 0.1) is 6.92 Å². The minimum Gasteiger partial charge on any atom is -0.481 e. The molecule has 0 radical (unpaired) electrons. The van der Waals surface area contributed by atoms with E-state index in [0.717, 1.165) is 18.6 Å². The van der Waals surface area contributed by atoms with Crippen LogP contribution >= 0.6 is 0 Å². The van der Waals surface area contributed by atoms with Gasteiger partial charge in [0.05, 0.1) is 5.69 Å². The summed E-state index contributed by atoms with van der Waals surface area (Å²) in [5, 5.41) is 9.17. The second-order valence-corrected chi connectivity index (χ2v) is 4.00. The lowest BCUT2D eigenvalue weighted by atomic mass is 9.76. The summed E-state index contributed by atoms with van der Waals surface area (Å²) in [6.07, 6.45) is 2.30. The molecule has 14 heavy (non-hydrogen) atoms. The van der Waals surface area contributed by atoms with Crippen molar-refractivity contribution in [3.05, 3.63) is 17.3 Å². The van der Waals surface area contributed by atoms with Gasteiger partial charge in [-0.25, -0.2) is 4.98 Å². The van der Waals surface area contributed by atoms with E-state index in [4.69, 9.17) is 4.42 Å². The molecule has 0 aromatic carbocycles. The Balaban J connectivity index is 2.54. The number of oxazole rings is 1. The summed E-state index contributed by atoms with van der Waals surface area (Å²) in [5.74, 6) is 0.495. The minimum atomic E-state index is -0.856. The topological polar surface area (TPSA) is 63.3 Å². The number of carboxylic acids is 1. The lowest BCUT2D eigenvalue weighted by Crippen LogP contribution is -2.36. The number of hydrogen-bond acceptors (Lipinski definition) is 3. The number of aliphatic carboxylic acids is 1. The van der Waals surface area contributed by atoms with E-state index in [9.17, 15) is 9.90 Å². The summed E-state index contributed by atoms with van der Waals surface area (Å²) in [5.41, 5.74) is -0.237. The fraction of sp³-hybridized carbons (Fsp3) is 0.600. The monoisotopic (exact) mass is 195 g/mol. The largest absolute Gasteiger partial charge is 0.481 e. The van der Waals surface area contributed by atoms with Gasteiger partial charge in [-0.2, -0.15) is 0 Å². The maximum absolute atomic E-state index is 11.2. The van der Waals surface area contributed by atoms with E-state index >= 15 is 0 Å². The van der Waals surface area contributed by atoms with E-state index in [2.05, 4.69) is 4.98 Å². The molecule has 76 valence electrons. The van der Waals surface area contributed by atoms with Crippen molar-refractivity contribution in [3.63, 3.8) is 0 Å². The van der Waals surface area contributed by atoms with Gasteiger partial charge in [-0.15, -0.1) is 0 Å². The lowest BCUT2D eigenvalue weighted by molar-refractivity contribution is -0.144. The van der Waals surface area contributed by atoms with Crippen LogP contribution in [0.15, 0.2) is 4.42 Å². The molecule has 1 aliphatic carbocycles. The van der Waals surface area contributed by atoms with Crippen molar-refractivity contribution in [1.82, 2.24) is 4.98 Å². The fourth-order valence-electron chi connectivity index (χ4n) is 2.00. The third kappa shape index (κ3) is 1.14. The van der Waals surface area contributed by atoms with Gasteiger partial charge in [-0.05, 0) is 19.8 Å². The van der Waals surface area contributed by atoms with Crippen molar-refractivity contribution in [2.75, 3.05) is 0 Å². The van der Waals surface area contributed by atoms with Gasteiger partial charge >= 0.3 is 5.97 Å². The number of hydrogen-bond donors (Lipinski definition) is 1. The molecule has 0 amide bonds. The van der Waals surface area contributed by atoms with Crippen LogP contribution in [0.3, 0.4) is 0 Å². The Labute approximate surface area is 81.9 Å². The summed E-state index contributed by atoms with van der Waals surface area (Å²) >= 11 is 0. The van der Waals surface area contributed by atoms with Crippen LogP contribution in [0.2, 0.25) is 0 Å². The number of carboxylic acid groups (broad SMARTS) is 1. The first-order chi connectivity index (χ1) is 6.54. The average molecular weight is 195 g/mol. The van der Waals surface area contributed by atoms with E-state index in [1.165, 1.54) is 0 Å². The number of nitrogens with zero attached hydrogens (tertiary/aromatic N) is 1. The van der Waals surface area contributed by atoms with Gasteiger partial charge in [0, 0.05) is 13.3 Å². The number of rotatable bonds is 1. The first kappa shape index (κ1) is 9.24. The van der Waals surface area contributed by atoms with E-state index in [1.54, 1.807) is 13.8 Å². The van der Waals surface area contributed by atoms with E-state index in [-0.39, 0.29) is 0 Å². The highest BCUT2D eigenvalue weighted by atomic mass is 16.4. The third-order valence-corrected chi connectivity index (χ3v) is 2.88. The van der Waals surface area contributed by atoms with Gasteiger partial charge in [-0.3, -0.25) is 4.79 Å². The Bertz CT molecular complexity index is 383. The van der Waals surface area contributed by atoms with Crippen LogP contribution < -0.4 is 0 Å². The van der Waals surface area contributed by atoms with Gasteiger partial charge in [0.15, 0.2) is 5.89 Å². The molecule has 1 unspecified atom stereocenters. The maximum atomic E-state index is 11.2. The molecular formula is C10H13NO3. The second kappa shape index (κ2) is 2.83. The Morgan fingerprint density at radius 1 is 1.64 bits per heavy atom. The molecule has 0 bridgehead atoms. The Morgan fingerprint density at radius 3 is 3.00 bits per heavy atom. The van der Waals surface area contributed by atoms with Crippen molar-refractivity contribution in [1.29, 1.82) is 0 Å². The van der Waals surface area contributed by atoms with Gasteiger partial charge in [0.1, 0.15) is 11.2 Å². The molecule has 1 aromatic rings. The van der Waals surface area contributed by atoms with Crippen LogP contribution in [0.4, 0.5) is 0 Å². The summed E-state index contributed by atoms with van der Waals surface area (Å²) in [6, 6.07) is 0. The molecule has 1 aliphatic rings. The first-order valence-corrected chi connectivity index (χ1v) is 4.74. The Kier molecular flexibility index (Phi) is 1.87. The molecule has 0 saturated carbocycles. The number of fused-ring (bicyclic) bond motifs is 1. The standard InChI is InChI=1S/C10H13NO3/c1-6-11-8-7(14-6)4-3-5-10(8,2)9(12)13/h3-5H2,1-2H3,(H,12,13). The molecule has 0 spiro atoms. The van der Waals surface area contributed by atoms with Crippen molar-refractivity contribution in [2.24, 2.45) is 0 Å². The van der Waals surface area contributed by atoms with Gasteiger partial charge < -0.3 is 9.52 Å². The molecule has 2 rings (SSSR count). The van der Waals surface area contributed by atoms with Crippen molar-refractivity contribution in [2.45, 2.75) is 38.5 Å². The van der Waals surface area contributed by atoms with E-state index < -0.39 is 11.4 Å². The van der Waals surface area contributed by atoms with Crippen LogP contribution in [0.25, 0.3) is 0 Å². The zero-order valence-corrected chi connectivity index (χ0v) is 8.33. The third-order valence-electron chi connectivity index (χ3n) is 2.88. The molecule has 1 aromatic heterocycles. The normalized spacial score (nSPS) is 25.9. The first-order valence-electron chi connectivity index (χ1n) is 4.74. The highest BCUT2D eigenvalue weighted by Gasteiger charge is 2.42.